The zero-order valence-corrected chi connectivity index (χ0v) is 17.8. The van der Waals surface area contributed by atoms with Crippen LogP contribution in [0.15, 0.2) is 59.1 Å². The van der Waals surface area contributed by atoms with Crippen LogP contribution in [-0.2, 0) is 6.42 Å². The van der Waals surface area contributed by atoms with Gasteiger partial charge in [-0.3, -0.25) is 0 Å². The summed E-state index contributed by atoms with van der Waals surface area (Å²) in [7, 11) is 4.25. The second kappa shape index (κ2) is 9.52. The van der Waals surface area contributed by atoms with Gasteiger partial charge in [-0.05, 0) is 62.9 Å². The molecule has 1 unspecified atom stereocenters. The third kappa shape index (κ3) is 4.96. The molecule has 0 bridgehead atoms. The van der Waals surface area contributed by atoms with Crippen LogP contribution in [0.25, 0.3) is 11.4 Å². The summed E-state index contributed by atoms with van der Waals surface area (Å²) >= 11 is 0. The standard InChI is InChI=1S/C25H30FN3O/c1-29(2)24(20-13-15-22(26)16-14-20)19-11-8-18(9-12-19)10-17-23-27-25(28-30-23)21-6-4-3-5-7-21/h3-7,13-16,18-19,24H,8-12,17H2,1-2H3. The van der Waals surface area contributed by atoms with Gasteiger partial charge in [-0.15, -0.1) is 0 Å². The number of aryl methyl sites for hydroxylation is 1. The van der Waals surface area contributed by atoms with Gasteiger partial charge in [0.2, 0.25) is 11.7 Å². The first-order valence-electron chi connectivity index (χ1n) is 10.9. The van der Waals surface area contributed by atoms with E-state index in [4.69, 9.17) is 4.52 Å². The van der Waals surface area contributed by atoms with Gasteiger partial charge >= 0.3 is 0 Å². The van der Waals surface area contributed by atoms with E-state index < -0.39 is 0 Å². The van der Waals surface area contributed by atoms with Gasteiger partial charge in [-0.25, -0.2) is 4.39 Å². The van der Waals surface area contributed by atoms with Gasteiger partial charge < -0.3 is 9.42 Å². The fraction of sp³-hybridized carbons (Fsp3) is 0.440. The summed E-state index contributed by atoms with van der Waals surface area (Å²) in [6.07, 6.45) is 6.76. The molecular formula is C25H30FN3O. The summed E-state index contributed by atoms with van der Waals surface area (Å²) in [6, 6.07) is 17.3. The van der Waals surface area contributed by atoms with Crippen molar-refractivity contribution in [2.24, 2.45) is 11.8 Å². The van der Waals surface area contributed by atoms with Crippen LogP contribution in [0.4, 0.5) is 4.39 Å². The van der Waals surface area contributed by atoms with Gasteiger partial charge in [0.25, 0.3) is 0 Å². The molecule has 158 valence electrons. The second-order valence-corrected chi connectivity index (χ2v) is 8.66. The van der Waals surface area contributed by atoms with Crippen molar-refractivity contribution < 1.29 is 8.91 Å². The van der Waals surface area contributed by atoms with Crippen molar-refractivity contribution in [3.63, 3.8) is 0 Å². The molecular weight excluding hydrogens is 377 g/mol. The Morgan fingerprint density at radius 3 is 2.37 bits per heavy atom. The normalized spacial score (nSPS) is 20.4. The smallest absolute Gasteiger partial charge is 0.226 e. The molecule has 1 saturated carbocycles. The number of nitrogens with zero attached hydrogens (tertiary/aromatic N) is 3. The van der Waals surface area contributed by atoms with Crippen molar-refractivity contribution in [2.75, 3.05) is 14.1 Å². The lowest BCUT2D eigenvalue weighted by atomic mass is 9.75. The Bertz CT molecular complexity index is 915. The molecule has 0 saturated heterocycles. The topological polar surface area (TPSA) is 42.2 Å². The molecule has 0 amide bonds. The molecule has 3 aromatic rings. The van der Waals surface area contributed by atoms with Crippen molar-refractivity contribution in [2.45, 2.75) is 44.6 Å². The van der Waals surface area contributed by atoms with E-state index >= 15 is 0 Å². The monoisotopic (exact) mass is 407 g/mol. The van der Waals surface area contributed by atoms with Crippen LogP contribution in [0.5, 0.6) is 0 Å². The Kier molecular flexibility index (Phi) is 6.58. The van der Waals surface area contributed by atoms with E-state index in [0.29, 0.717) is 23.7 Å². The van der Waals surface area contributed by atoms with Gasteiger partial charge in [0, 0.05) is 18.0 Å². The molecule has 0 aliphatic heterocycles. The average Bonchev–Trinajstić information content (AvgIpc) is 3.24. The molecule has 4 nitrogen and oxygen atoms in total. The highest BCUT2D eigenvalue weighted by atomic mass is 19.1. The average molecular weight is 408 g/mol. The summed E-state index contributed by atoms with van der Waals surface area (Å²) in [4.78, 5) is 6.84. The third-order valence-corrected chi connectivity index (χ3v) is 6.37. The summed E-state index contributed by atoms with van der Waals surface area (Å²) < 4.78 is 18.8. The Morgan fingerprint density at radius 1 is 1.00 bits per heavy atom. The lowest BCUT2D eigenvalue weighted by molar-refractivity contribution is 0.145. The summed E-state index contributed by atoms with van der Waals surface area (Å²) in [5.41, 5.74) is 2.20. The molecule has 1 heterocycles. The predicted molar refractivity (Wildman–Crippen MR) is 116 cm³/mol. The van der Waals surface area contributed by atoms with Crippen LogP contribution in [0.1, 0.15) is 49.6 Å². The minimum Gasteiger partial charge on any atom is -0.339 e. The number of rotatable bonds is 7. The fourth-order valence-corrected chi connectivity index (χ4v) is 4.83. The molecule has 2 aromatic carbocycles. The van der Waals surface area contributed by atoms with Crippen molar-refractivity contribution in [3.05, 3.63) is 71.9 Å². The maximum absolute atomic E-state index is 13.3. The number of aromatic nitrogens is 2. The first kappa shape index (κ1) is 20.7. The Morgan fingerprint density at radius 2 is 1.70 bits per heavy atom. The van der Waals surface area contributed by atoms with Crippen molar-refractivity contribution in [3.8, 4) is 11.4 Å². The van der Waals surface area contributed by atoms with E-state index in [1.165, 1.54) is 31.2 Å². The van der Waals surface area contributed by atoms with Gasteiger partial charge in [-0.2, -0.15) is 4.98 Å². The molecule has 0 N–H and O–H groups in total. The van der Waals surface area contributed by atoms with Gasteiger partial charge in [0.05, 0.1) is 0 Å². The van der Waals surface area contributed by atoms with E-state index in [9.17, 15) is 4.39 Å². The molecule has 1 aromatic heterocycles. The lowest BCUT2D eigenvalue weighted by Gasteiger charge is -2.37. The quantitative estimate of drug-likeness (QED) is 0.488. The molecule has 5 heteroatoms. The summed E-state index contributed by atoms with van der Waals surface area (Å²) in [5, 5.41) is 4.13. The second-order valence-electron chi connectivity index (χ2n) is 8.66. The van der Waals surface area contributed by atoms with Gasteiger partial charge in [-0.1, -0.05) is 60.5 Å². The first-order chi connectivity index (χ1) is 14.6. The fourth-order valence-electron chi connectivity index (χ4n) is 4.83. The summed E-state index contributed by atoms with van der Waals surface area (Å²) in [6.45, 7) is 0. The Labute approximate surface area is 178 Å². The van der Waals surface area contributed by atoms with Crippen LogP contribution >= 0.6 is 0 Å². The highest BCUT2D eigenvalue weighted by molar-refractivity contribution is 5.53. The van der Waals surface area contributed by atoms with E-state index in [-0.39, 0.29) is 5.82 Å². The van der Waals surface area contributed by atoms with Crippen LogP contribution in [0.3, 0.4) is 0 Å². The maximum Gasteiger partial charge on any atom is 0.226 e. The van der Waals surface area contributed by atoms with Crippen molar-refractivity contribution in [1.82, 2.24) is 15.0 Å². The lowest BCUT2D eigenvalue weighted by Crippen LogP contribution is -2.30. The van der Waals surface area contributed by atoms with Crippen LogP contribution in [-0.4, -0.2) is 29.1 Å². The predicted octanol–water partition coefficient (Wildman–Crippen LogP) is 5.92. The highest BCUT2D eigenvalue weighted by Crippen LogP contribution is 2.40. The molecule has 1 fully saturated rings. The Hall–Kier alpha value is -2.53. The number of hydrogen-bond acceptors (Lipinski definition) is 4. The summed E-state index contributed by atoms with van der Waals surface area (Å²) in [5.74, 6) is 2.53. The molecule has 1 atom stereocenters. The minimum atomic E-state index is -0.170. The highest BCUT2D eigenvalue weighted by Gasteiger charge is 2.30. The van der Waals surface area contributed by atoms with Crippen molar-refractivity contribution in [1.29, 1.82) is 0 Å². The van der Waals surface area contributed by atoms with Gasteiger partial charge in [0.1, 0.15) is 5.82 Å². The molecule has 1 aliphatic carbocycles. The van der Waals surface area contributed by atoms with E-state index in [1.54, 1.807) is 12.1 Å². The van der Waals surface area contributed by atoms with Crippen LogP contribution < -0.4 is 0 Å². The van der Waals surface area contributed by atoms with E-state index in [1.807, 2.05) is 42.5 Å². The SMILES string of the molecule is CN(C)C(c1ccc(F)cc1)C1CCC(CCc2nc(-c3ccccc3)no2)CC1. The van der Waals surface area contributed by atoms with Crippen LogP contribution in [0, 0.1) is 17.7 Å². The molecule has 30 heavy (non-hydrogen) atoms. The molecule has 1 aliphatic rings. The van der Waals surface area contributed by atoms with E-state index in [2.05, 4.69) is 29.1 Å². The molecule has 0 radical (unpaired) electrons. The van der Waals surface area contributed by atoms with Crippen molar-refractivity contribution >= 4 is 0 Å². The van der Waals surface area contributed by atoms with Crippen LogP contribution in [0.2, 0.25) is 0 Å². The van der Waals surface area contributed by atoms with E-state index in [0.717, 1.165) is 24.3 Å². The number of hydrogen-bond donors (Lipinski definition) is 0. The molecule has 0 spiro atoms. The zero-order valence-electron chi connectivity index (χ0n) is 17.8. The Balaban J connectivity index is 1.30. The van der Waals surface area contributed by atoms with Gasteiger partial charge in [0.15, 0.2) is 0 Å². The maximum atomic E-state index is 13.3. The third-order valence-electron chi connectivity index (χ3n) is 6.37. The minimum absolute atomic E-state index is 0.170. The zero-order chi connectivity index (χ0) is 20.9. The largest absolute Gasteiger partial charge is 0.339 e. The molecule has 4 rings (SSSR count). The number of benzene rings is 2. The first-order valence-corrected chi connectivity index (χ1v) is 10.9. The number of halogens is 1.